The van der Waals surface area contributed by atoms with Crippen LogP contribution < -0.4 is 15.6 Å². The van der Waals surface area contributed by atoms with Gasteiger partial charge in [0.25, 0.3) is 5.56 Å². The number of amides is 1. The molecular formula is C23H26N4O3. The molecule has 0 bridgehead atoms. The standard InChI is InChI=1S/C23H26N4O3/c1-30-21-11-5-3-9-18(21)20(26-12-6-7-13-26)14-24-22(28)15-27-16-25-19-10-4-2-8-17(19)23(27)29/h2-5,8-11,16,20H,6-7,12-15H2,1H3,(H,24,28)/t20-/m1/s1. The summed E-state index contributed by atoms with van der Waals surface area (Å²) in [4.78, 5) is 32.0. The van der Waals surface area contributed by atoms with Gasteiger partial charge in [-0.3, -0.25) is 19.1 Å². The Hall–Kier alpha value is -3.19. The molecule has 0 unspecified atom stereocenters. The van der Waals surface area contributed by atoms with Crippen molar-refractivity contribution in [1.29, 1.82) is 0 Å². The molecule has 7 heteroatoms. The first-order valence-electron chi connectivity index (χ1n) is 10.2. The second-order valence-corrected chi connectivity index (χ2v) is 7.50. The molecule has 1 saturated heterocycles. The Morgan fingerprint density at radius 2 is 1.87 bits per heavy atom. The molecule has 0 saturated carbocycles. The number of nitrogens with one attached hydrogen (secondary N) is 1. The number of fused-ring (bicyclic) bond motifs is 1. The van der Waals surface area contributed by atoms with Crippen molar-refractivity contribution in [3.05, 3.63) is 70.8 Å². The fraction of sp³-hybridized carbons (Fsp3) is 0.348. The molecule has 7 nitrogen and oxygen atoms in total. The molecule has 0 radical (unpaired) electrons. The molecule has 3 aromatic rings. The van der Waals surface area contributed by atoms with Crippen LogP contribution in [0.15, 0.2) is 59.7 Å². The highest BCUT2D eigenvalue weighted by atomic mass is 16.5. The van der Waals surface area contributed by atoms with Crippen LogP contribution in [0.4, 0.5) is 0 Å². The van der Waals surface area contributed by atoms with Crippen molar-refractivity contribution < 1.29 is 9.53 Å². The fourth-order valence-electron chi connectivity index (χ4n) is 4.07. The summed E-state index contributed by atoms with van der Waals surface area (Å²) in [6.45, 7) is 2.38. The van der Waals surface area contributed by atoms with E-state index in [0.29, 0.717) is 17.4 Å². The highest BCUT2D eigenvalue weighted by Gasteiger charge is 2.26. The van der Waals surface area contributed by atoms with Crippen LogP contribution in [0.2, 0.25) is 0 Å². The van der Waals surface area contributed by atoms with Gasteiger partial charge in [-0.25, -0.2) is 4.98 Å². The number of ether oxygens (including phenoxy) is 1. The second-order valence-electron chi connectivity index (χ2n) is 7.50. The third-order valence-corrected chi connectivity index (χ3v) is 5.62. The summed E-state index contributed by atoms with van der Waals surface area (Å²) in [5.74, 6) is 0.604. The number of hydrogen-bond acceptors (Lipinski definition) is 5. The van der Waals surface area contributed by atoms with Gasteiger partial charge in [-0.2, -0.15) is 0 Å². The smallest absolute Gasteiger partial charge is 0.261 e. The van der Waals surface area contributed by atoms with E-state index in [0.717, 1.165) is 37.2 Å². The lowest BCUT2D eigenvalue weighted by Gasteiger charge is -2.29. The summed E-state index contributed by atoms with van der Waals surface area (Å²) in [6, 6.07) is 15.1. The first-order chi connectivity index (χ1) is 14.7. The summed E-state index contributed by atoms with van der Waals surface area (Å²) in [6.07, 6.45) is 3.73. The molecule has 1 aromatic heterocycles. The number of carbonyl (C=O) groups excluding carboxylic acids is 1. The minimum atomic E-state index is -0.215. The van der Waals surface area contributed by atoms with Crippen molar-refractivity contribution in [3.63, 3.8) is 0 Å². The molecule has 1 aliphatic rings. The highest BCUT2D eigenvalue weighted by Crippen LogP contribution is 2.31. The fourth-order valence-corrected chi connectivity index (χ4v) is 4.07. The van der Waals surface area contributed by atoms with Gasteiger partial charge in [0.2, 0.25) is 5.91 Å². The van der Waals surface area contributed by atoms with E-state index in [1.54, 1.807) is 25.3 Å². The van der Waals surface area contributed by atoms with E-state index < -0.39 is 0 Å². The van der Waals surface area contributed by atoms with Crippen LogP contribution in [-0.4, -0.2) is 47.1 Å². The average Bonchev–Trinajstić information content (AvgIpc) is 3.31. The number of carbonyl (C=O) groups is 1. The van der Waals surface area contributed by atoms with Gasteiger partial charge in [-0.15, -0.1) is 0 Å². The monoisotopic (exact) mass is 406 g/mol. The third-order valence-electron chi connectivity index (χ3n) is 5.62. The molecule has 0 spiro atoms. The summed E-state index contributed by atoms with van der Waals surface area (Å²) in [5, 5.41) is 3.52. The lowest BCUT2D eigenvalue weighted by Crippen LogP contribution is -2.39. The summed E-state index contributed by atoms with van der Waals surface area (Å²) in [5.41, 5.74) is 1.48. The van der Waals surface area contributed by atoms with E-state index in [4.69, 9.17) is 4.74 Å². The van der Waals surface area contributed by atoms with E-state index in [2.05, 4.69) is 15.2 Å². The number of hydrogen-bond donors (Lipinski definition) is 1. The van der Waals surface area contributed by atoms with Crippen molar-refractivity contribution in [1.82, 2.24) is 19.8 Å². The first-order valence-corrected chi connectivity index (χ1v) is 10.2. The Bertz CT molecular complexity index is 1090. The zero-order chi connectivity index (χ0) is 20.9. The van der Waals surface area contributed by atoms with Gasteiger partial charge < -0.3 is 10.1 Å². The molecule has 0 aliphatic carbocycles. The molecule has 30 heavy (non-hydrogen) atoms. The SMILES string of the molecule is COc1ccccc1[C@@H](CNC(=O)Cn1cnc2ccccc2c1=O)N1CCCC1. The van der Waals surface area contributed by atoms with E-state index in [1.165, 1.54) is 10.9 Å². The minimum absolute atomic E-state index is 0.0269. The Kier molecular flexibility index (Phi) is 6.09. The molecule has 1 fully saturated rings. The van der Waals surface area contributed by atoms with Crippen molar-refractivity contribution in [3.8, 4) is 5.75 Å². The van der Waals surface area contributed by atoms with Gasteiger partial charge in [0.05, 0.1) is 30.4 Å². The number of nitrogens with zero attached hydrogens (tertiary/aromatic N) is 3. The van der Waals surface area contributed by atoms with Crippen LogP contribution in [0.3, 0.4) is 0 Å². The third kappa shape index (κ3) is 4.21. The molecule has 1 atom stereocenters. The highest BCUT2D eigenvalue weighted by molar-refractivity contribution is 5.78. The maximum Gasteiger partial charge on any atom is 0.261 e. The number of methoxy groups -OCH3 is 1. The van der Waals surface area contributed by atoms with Crippen LogP contribution in [0.5, 0.6) is 5.75 Å². The van der Waals surface area contributed by atoms with Gasteiger partial charge in [-0.05, 0) is 44.1 Å². The van der Waals surface area contributed by atoms with Crippen LogP contribution >= 0.6 is 0 Å². The normalized spacial score (nSPS) is 15.2. The van der Waals surface area contributed by atoms with Crippen LogP contribution in [0.1, 0.15) is 24.4 Å². The van der Waals surface area contributed by atoms with Crippen molar-refractivity contribution >= 4 is 16.8 Å². The second kappa shape index (κ2) is 9.09. The zero-order valence-corrected chi connectivity index (χ0v) is 17.1. The number of benzene rings is 2. The Balaban J connectivity index is 1.49. The number of para-hydroxylation sites is 2. The Labute approximate surface area is 175 Å². The van der Waals surface area contributed by atoms with Crippen LogP contribution in [0.25, 0.3) is 10.9 Å². The molecule has 1 N–H and O–H groups in total. The predicted octanol–water partition coefficient (Wildman–Crippen LogP) is 2.36. The lowest BCUT2D eigenvalue weighted by atomic mass is 10.0. The van der Waals surface area contributed by atoms with Crippen LogP contribution in [-0.2, 0) is 11.3 Å². The van der Waals surface area contributed by atoms with E-state index in [1.807, 2.05) is 30.3 Å². The molecule has 156 valence electrons. The van der Waals surface area contributed by atoms with Crippen LogP contribution in [0, 0.1) is 0 Å². The van der Waals surface area contributed by atoms with Crippen molar-refractivity contribution in [2.24, 2.45) is 0 Å². The Morgan fingerprint density at radius 3 is 2.67 bits per heavy atom. The zero-order valence-electron chi connectivity index (χ0n) is 17.1. The van der Waals surface area contributed by atoms with E-state index in [-0.39, 0.29) is 24.1 Å². The van der Waals surface area contributed by atoms with E-state index >= 15 is 0 Å². The van der Waals surface area contributed by atoms with E-state index in [9.17, 15) is 9.59 Å². The predicted molar refractivity (Wildman–Crippen MR) is 116 cm³/mol. The quantitative estimate of drug-likeness (QED) is 0.652. The molecule has 1 amide bonds. The first kappa shape index (κ1) is 20.1. The minimum Gasteiger partial charge on any atom is -0.496 e. The summed E-state index contributed by atoms with van der Waals surface area (Å²) in [7, 11) is 1.66. The van der Waals surface area contributed by atoms with Gasteiger partial charge in [-0.1, -0.05) is 30.3 Å². The molecule has 4 rings (SSSR count). The maximum atomic E-state index is 12.7. The van der Waals surface area contributed by atoms with Gasteiger partial charge in [0.15, 0.2) is 0 Å². The maximum absolute atomic E-state index is 12.7. The van der Waals surface area contributed by atoms with Crippen molar-refractivity contribution in [2.75, 3.05) is 26.7 Å². The van der Waals surface area contributed by atoms with Crippen molar-refractivity contribution in [2.45, 2.75) is 25.4 Å². The summed E-state index contributed by atoms with van der Waals surface area (Å²) < 4.78 is 6.90. The number of likely N-dealkylation sites (tertiary alicyclic amines) is 1. The lowest BCUT2D eigenvalue weighted by molar-refractivity contribution is -0.122. The van der Waals surface area contributed by atoms with Gasteiger partial charge in [0.1, 0.15) is 12.3 Å². The van der Waals surface area contributed by atoms with Gasteiger partial charge >= 0.3 is 0 Å². The average molecular weight is 406 g/mol. The van der Waals surface area contributed by atoms with Gasteiger partial charge in [0, 0.05) is 12.1 Å². The Morgan fingerprint density at radius 1 is 1.13 bits per heavy atom. The molecule has 2 aromatic carbocycles. The largest absolute Gasteiger partial charge is 0.496 e. The summed E-state index contributed by atoms with van der Waals surface area (Å²) >= 11 is 0. The number of aromatic nitrogens is 2. The molecular weight excluding hydrogens is 380 g/mol. The number of rotatable bonds is 7. The topological polar surface area (TPSA) is 76.5 Å². The molecule has 2 heterocycles. The molecule has 1 aliphatic heterocycles.